The molecule has 0 saturated heterocycles. The lowest BCUT2D eigenvalue weighted by molar-refractivity contribution is 0.586. The molecule has 0 fully saturated rings. The Morgan fingerprint density at radius 1 is 1.44 bits per heavy atom. The Morgan fingerprint density at radius 3 is 2.69 bits per heavy atom. The van der Waals surface area contributed by atoms with E-state index in [9.17, 15) is 8.42 Å². The average molecular weight is 301 g/mol. The maximum atomic E-state index is 12.2. The van der Waals surface area contributed by atoms with Gasteiger partial charge in [-0.1, -0.05) is 0 Å². The van der Waals surface area contributed by atoms with Gasteiger partial charge in [0.1, 0.15) is 4.90 Å². The molecule has 0 N–H and O–H groups in total. The molecule has 2 aromatic rings. The highest BCUT2D eigenvalue weighted by molar-refractivity contribution is 9.10. The average Bonchev–Trinajstić information content (AvgIpc) is 2.60. The van der Waals surface area contributed by atoms with Crippen LogP contribution in [0.1, 0.15) is 5.56 Å². The van der Waals surface area contributed by atoms with Crippen LogP contribution in [0.3, 0.4) is 0 Å². The molecule has 0 aliphatic heterocycles. The van der Waals surface area contributed by atoms with Gasteiger partial charge in [-0.05, 0) is 46.6 Å². The van der Waals surface area contributed by atoms with Crippen LogP contribution in [0.15, 0.2) is 46.3 Å². The smallest absolute Gasteiger partial charge is 0.263 e. The molecule has 16 heavy (non-hydrogen) atoms. The van der Waals surface area contributed by atoms with E-state index in [1.165, 1.54) is 22.4 Å². The molecular formula is C10H9BrN2O2S. The van der Waals surface area contributed by atoms with Gasteiger partial charge >= 0.3 is 0 Å². The molecule has 0 aromatic carbocycles. The number of rotatable bonds is 2. The van der Waals surface area contributed by atoms with E-state index < -0.39 is 10.0 Å². The van der Waals surface area contributed by atoms with Crippen LogP contribution in [0.5, 0.6) is 0 Å². The summed E-state index contributed by atoms with van der Waals surface area (Å²) in [5.74, 6) is 0. The number of halogens is 1. The first-order valence-corrected chi connectivity index (χ1v) is 6.75. The van der Waals surface area contributed by atoms with E-state index in [2.05, 4.69) is 20.9 Å². The van der Waals surface area contributed by atoms with Crippen molar-refractivity contribution in [3.63, 3.8) is 0 Å². The molecule has 2 heterocycles. The number of hydrogen-bond donors (Lipinski definition) is 0. The van der Waals surface area contributed by atoms with E-state index in [0.717, 1.165) is 5.56 Å². The zero-order chi connectivity index (χ0) is 11.8. The summed E-state index contributed by atoms with van der Waals surface area (Å²) in [5, 5.41) is 0. The first-order valence-electron chi connectivity index (χ1n) is 4.52. The Hall–Kier alpha value is -1.14. The molecule has 84 valence electrons. The molecule has 0 spiro atoms. The molecule has 0 radical (unpaired) electrons. The summed E-state index contributed by atoms with van der Waals surface area (Å²) in [4.78, 5) is 3.98. The molecule has 2 aromatic heterocycles. The summed E-state index contributed by atoms with van der Waals surface area (Å²) in [5.41, 5.74) is 0.874. The quantitative estimate of drug-likeness (QED) is 0.854. The summed E-state index contributed by atoms with van der Waals surface area (Å²) >= 11 is 3.21. The first kappa shape index (κ1) is 11.3. The SMILES string of the molecule is Cc1cc(Br)n(S(=O)(=O)c2cccnc2)c1. The minimum Gasteiger partial charge on any atom is -0.263 e. The highest BCUT2D eigenvalue weighted by atomic mass is 79.9. The predicted molar refractivity (Wildman–Crippen MR) is 63.7 cm³/mol. The Morgan fingerprint density at radius 2 is 2.19 bits per heavy atom. The summed E-state index contributed by atoms with van der Waals surface area (Å²) in [6.45, 7) is 1.83. The number of pyridine rings is 1. The molecule has 0 aliphatic carbocycles. The lowest BCUT2D eigenvalue weighted by Gasteiger charge is -2.06. The predicted octanol–water partition coefficient (Wildman–Crippen LogP) is 2.19. The number of hydrogen-bond acceptors (Lipinski definition) is 3. The van der Waals surface area contributed by atoms with Crippen molar-refractivity contribution < 1.29 is 8.42 Å². The number of aryl methyl sites for hydroxylation is 1. The van der Waals surface area contributed by atoms with E-state index in [1.54, 1.807) is 18.3 Å². The Balaban J connectivity index is 2.61. The molecule has 0 aliphatic rings. The first-order chi connectivity index (χ1) is 7.51. The summed E-state index contributed by atoms with van der Waals surface area (Å²) in [6.07, 6.45) is 4.43. The van der Waals surface area contributed by atoms with E-state index >= 15 is 0 Å². The zero-order valence-corrected chi connectivity index (χ0v) is 10.9. The second kappa shape index (κ2) is 4.03. The highest BCUT2D eigenvalue weighted by Crippen LogP contribution is 2.21. The van der Waals surface area contributed by atoms with Gasteiger partial charge in [0.15, 0.2) is 0 Å². The van der Waals surface area contributed by atoms with Crippen LogP contribution in [-0.4, -0.2) is 17.4 Å². The maximum Gasteiger partial charge on any atom is 0.270 e. The lowest BCUT2D eigenvalue weighted by Crippen LogP contribution is -2.12. The third kappa shape index (κ3) is 1.90. The Labute approximate surface area is 102 Å². The molecule has 0 unspecified atom stereocenters. The van der Waals surface area contributed by atoms with Gasteiger partial charge in [0.2, 0.25) is 0 Å². The topological polar surface area (TPSA) is 52.0 Å². The van der Waals surface area contributed by atoms with Gasteiger partial charge in [0.25, 0.3) is 10.0 Å². The van der Waals surface area contributed by atoms with Crippen LogP contribution in [0.2, 0.25) is 0 Å². The second-order valence-corrected chi connectivity index (χ2v) is 5.96. The Bertz CT molecular complexity index is 605. The van der Waals surface area contributed by atoms with Crippen molar-refractivity contribution in [1.82, 2.24) is 8.96 Å². The van der Waals surface area contributed by atoms with Crippen LogP contribution in [0.4, 0.5) is 0 Å². The fraction of sp³-hybridized carbons (Fsp3) is 0.100. The van der Waals surface area contributed by atoms with Gasteiger partial charge in [-0.15, -0.1) is 0 Å². The summed E-state index contributed by atoms with van der Waals surface area (Å²) in [7, 11) is -3.54. The van der Waals surface area contributed by atoms with Crippen LogP contribution >= 0.6 is 15.9 Å². The van der Waals surface area contributed by atoms with Crippen molar-refractivity contribution in [3.8, 4) is 0 Å². The van der Waals surface area contributed by atoms with Gasteiger partial charge in [-0.25, -0.2) is 12.4 Å². The van der Waals surface area contributed by atoms with Crippen LogP contribution in [0.25, 0.3) is 0 Å². The van der Waals surface area contributed by atoms with Crippen LogP contribution in [-0.2, 0) is 10.0 Å². The third-order valence-corrected chi connectivity index (χ3v) is 4.57. The normalized spacial score (nSPS) is 11.6. The molecule has 4 nitrogen and oxygen atoms in total. The molecule has 2 rings (SSSR count). The van der Waals surface area contributed by atoms with Crippen molar-refractivity contribution >= 4 is 26.0 Å². The van der Waals surface area contributed by atoms with E-state index in [4.69, 9.17) is 0 Å². The lowest BCUT2D eigenvalue weighted by atomic mass is 10.4. The largest absolute Gasteiger partial charge is 0.270 e. The summed E-state index contributed by atoms with van der Waals surface area (Å²) in [6, 6.07) is 4.86. The standard InChI is InChI=1S/C10H9BrN2O2S/c1-8-5-10(11)13(7-8)16(14,15)9-3-2-4-12-6-9/h2-7H,1H3. The van der Waals surface area contributed by atoms with Gasteiger partial charge in [-0.3, -0.25) is 4.98 Å². The minimum absolute atomic E-state index is 0.173. The molecule has 0 saturated carbocycles. The molecule has 0 bridgehead atoms. The monoisotopic (exact) mass is 300 g/mol. The summed E-state index contributed by atoms with van der Waals surface area (Å²) < 4.78 is 26.0. The van der Waals surface area contributed by atoms with Crippen molar-refractivity contribution in [2.75, 3.05) is 0 Å². The van der Waals surface area contributed by atoms with Gasteiger partial charge in [0, 0.05) is 18.6 Å². The third-order valence-electron chi connectivity index (χ3n) is 2.07. The molecule has 0 atom stereocenters. The molecular weight excluding hydrogens is 292 g/mol. The van der Waals surface area contributed by atoms with Gasteiger partial charge < -0.3 is 0 Å². The highest BCUT2D eigenvalue weighted by Gasteiger charge is 2.19. The molecule has 6 heteroatoms. The van der Waals surface area contributed by atoms with E-state index in [0.29, 0.717) is 4.60 Å². The van der Waals surface area contributed by atoms with Gasteiger partial charge in [-0.2, -0.15) is 0 Å². The van der Waals surface area contributed by atoms with Gasteiger partial charge in [0.05, 0.1) is 4.60 Å². The van der Waals surface area contributed by atoms with Crippen molar-refractivity contribution in [1.29, 1.82) is 0 Å². The fourth-order valence-electron chi connectivity index (χ4n) is 1.33. The van der Waals surface area contributed by atoms with Crippen molar-refractivity contribution in [2.24, 2.45) is 0 Å². The second-order valence-electron chi connectivity index (χ2n) is 3.33. The maximum absolute atomic E-state index is 12.2. The van der Waals surface area contributed by atoms with E-state index in [-0.39, 0.29) is 4.90 Å². The molecule has 0 amide bonds. The zero-order valence-electron chi connectivity index (χ0n) is 8.46. The van der Waals surface area contributed by atoms with E-state index in [1.807, 2.05) is 6.92 Å². The minimum atomic E-state index is -3.54. The van der Waals surface area contributed by atoms with Crippen LogP contribution < -0.4 is 0 Å². The fourth-order valence-corrected chi connectivity index (χ4v) is 3.63. The number of aromatic nitrogens is 2. The van der Waals surface area contributed by atoms with Crippen LogP contribution in [0, 0.1) is 6.92 Å². The number of nitrogens with zero attached hydrogens (tertiary/aromatic N) is 2. The van der Waals surface area contributed by atoms with Crippen molar-refractivity contribution in [2.45, 2.75) is 11.8 Å². The Kier molecular flexibility index (Phi) is 2.86. The van der Waals surface area contributed by atoms with Crippen molar-refractivity contribution in [3.05, 3.63) is 47.0 Å².